The summed E-state index contributed by atoms with van der Waals surface area (Å²) in [4.78, 5) is 3.29. The molecule has 2 aromatic rings. The predicted molar refractivity (Wildman–Crippen MR) is 75.3 cm³/mol. The van der Waals surface area contributed by atoms with Crippen molar-refractivity contribution in [2.24, 2.45) is 11.7 Å². The molecule has 1 aromatic heterocycles. The van der Waals surface area contributed by atoms with Gasteiger partial charge in [0.15, 0.2) is 0 Å². The number of aromatic amines is 1. The maximum absolute atomic E-state index is 6.46. The van der Waals surface area contributed by atoms with Crippen molar-refractivity contribution in [2.45, 2.75) is 18.9 Å². The Kier molecular flexibility index (Phi) is 3.44. The second-order valence-corrected chi connectivity index (χ2v) is 5.13. The molecule has 1 saturated heterocycles. The standard InChI is InChI=1S/C15H20N2O2/c1-18-11-2-3-14-12(8-11)13(9-17-14)15(16)10-4-6-19-7-5-10/h2-3,8-10,15,17H,4-7,16H2,1H3/t15-/m1/s1. The Morgan fingerprint density at radius 1 is 1.37 bits per heavy atom. The fourth-order valence-electron chi connectivity index (χ4n) is 2.85. The topological polar surface area (TPSA) is 60.3 Å². The molecule has 1 aliphatic rings. The van der Waals surface area contributed by atoms with E-state index in [9.17, 15) is 0 Å². The Balaban J connectivity index is 1.94. The molecule has 0 unspecified atom stereocenters. The summed E-state index contributed by atoms with van der Waals surface area (Å²) in [6, 6.07) is 6.11. The number of methoxy groups -OCH3 is 1. The third-order valence-corrected chi connectivity index (χ3v) is 4.05. The molecular formula is C15H20N2O2. The number of nitrogens with two attached hydrogens (primary N) is 1. The molecule has 102 valence electrons. The fourth-order valence-corrected chi connectivity index (χ4v) is 2.85. The van der Waals surface area contributed by atoms with Gasteiger partial charge in [0.25, 0.3) is 0 Å². The van der Waals surface area contributed by atoms with Crippen molar-refractivity contribution in [3.05, 3.63) is 30.0 Å². The molecule has 1 atom stereocenters. The number of hydrogen-bond donors (Lipinski definition) is 2. The van der Waals surface area contributed by atoms with Crippen LogP contribution in [0.1, 0.15) is 24.4 Å². The summed E-state index contributed by atoms with van der Waals surface area (Å²) in [6.07, 6.45) is 4.11. The van der Waals surface area contributed by atoms with Crippen LogP contribution in [-0.2, 0) is 4.74 Å². The maximum atomic E-state index is 6.46. The largest absolute Gasteiger partial charge is 0.497 e. The molecule has 1 aliphatic heterocycles. The normalized spacial score (nSPS) is 18.6. The minimum atomic E-state index is 0.0600. The second kappa shape index (κ2) is 5.23. The van der Waals surface area contributed by atoms with Gasteiger partial charge in [-0.3, -0.25) is 0 Å². The van der Waals surface area contributed by atoms with Crippen molar-refractivity contribution < 1.29 is 9.47 Å². The lowest BCUT2D eigenvalue weighted by molar-refractivity contribution is 0.0585. The average Bonchev–Trinajstić information content (AvgIpc) is 2.90. The van der Waals surface area contributed by atoms with E-state index in [2.05, 4.69) is 11.1 Å². The average molecular weight is 260 g/mol. The highest BCUT2D eigenvalue weighted by atomic mass is 16.5. The number of hydrogen-bond acceptors (Lipinski definition) is 3. The van der Waals surface area contributed by atoms with Crippen molar-refractivity contribution in [1.29, 1.82) is 0 Å². The molecule has 4 heteroatoms. The summed E-state index contributed by atoms with van der Waals surface area (Å²) < 4.78 is 10.7. The number of fused-ring (bicyclic) bond motifs is 1. The van der Waals surface area contributed by atoms with Gasteiger partial charge < -0.3 is 20.2 Å². The highest BCUT2D eigenvalue weighted by molar-refractivity contribution is 5.85. The first-order valence-corrected chi connectivity index (χ1v) is 6.78. The van der Waals surface area contributed by atoms with Crippen LogP contribution >= 0.6 is 0 Å². The molecule has 4 nitrogen and oxygen atoms in total. The second-order valence-electron chi connectivity index (χ2n) is 5.13. The van der Waals surface area contributed by atoms with Crippen molar-refractivity contribution in [3.63, 3.8) is 0 Å². The lowest BCUT2D eigenvalue weighted by atomic mass is 9.87. The van der Waals surface area contributed by atoms with Crippen LogP contribution in [0, 0.1) is 5.92 Å². The van der Waals surface area contributed by atoms with Gasteiger partial charge in [0.1, 0.15) is 5.75 Å². The Morgan fingerprint density at radius 3 is 2.89 bits per heavy atom. The van der Waals surface area contributed by atoms with Gasteiger partial charge >= 0.3 is 0 Å². The minimum absolute atomic E-state index is 0.0600. The highest BCUT2D eigenvalue weighted by Gasteiger charge is 2.24. The highest BCUT2D eigenvalue weighted by Crippen LogP contribution is 2.33. The molecule has 0 aliphatic carbocycles. The summed E-state index contributed by atoms with van der Waals surface area (Å²) in [5.74, 6) is 1.37. The van der Waals surface area contributed by atoms with Crippen LogP contribution in [-0.4, -0.2) is 25.3 Å². The van der Waals surface area contributed by atoms with Crippen LogP contribution in [0.15, 0.2) is 24.4 Å². The Morgan fingerprint density at radius 2 is 2.16 bits per heavy atom. The monoisotopic (exact) mass is 260 g/mol. The van der Waals surface area contributed by atoms with E-state index < -0.39 is 0 Å². The van der Waals surface area contributed by atoms with Gasteiger partial charge in [-0.05, 0) is 42.5 Å². The van der Waals surface area contributed by atoms with E-state index in [0.29, 0.717) is 5.92 Å². The molecule has 3 N–H and O–H groups in total. The van der Waals surface area contributed by atoms with Crippen LogP contribution < -0.4 is 10.5 Å². The quantitative estimate of drug-likeness (QED) is 0.891. The zero-order chi connectivity index (χ0) is 13.2. The van der Waals surface area contributed by atoms with E-state index >= 15 is 0 Å². The van der Waals surface area contributed by atoms with Gasteiger partial charge in [-0.25, -0.2) is 0 Å². The third kappa shape index (κ3) is 2.33. The molecule has 1 fully saturated rings. The molecule has 3 rings (SSSR count). The van der Waals surface area contributed by atoms with E-state index in [0.717, 1.165) is 37.3 Å². The predicted octanol–water partition coefficient (Wildman–Crippen LogP) is 2.60. The van der Waals surface area contributed by atoms with E-state index in [1.165, 1.54) is 10.9 Å². The molecular weight excluding hydrogens is 240 g/mol. The van der Waals surface area contributed by atoms with Gasteiger partial charge in [0.05, 0.1) is 7.11 Å². The number of H-pyrrole nitrogens is 1. The van der Waals surface area contributed by atoms with Crippen LogP contribution in [0.3, 0.4) is 0 Å². The van der Waals surface area contributed by atoms with E-state index in [1.807, 2.05) is 18.3 Å². The first-order valence-electron chi connectivity index (χ1n) is 6.78. The van der Waals surface area contributed by atoms with E-state index in [1.54, 1.807) is 7.11 Å². The Bertz CT molecular complexity index is 558. The van der Waals surface area contributed by atoms with Gasteiger partial charge in [0, 0.05) is 36.4 Å². The number of aromatic nitrogens is 1. The third-order valence-electron chi connectivity index (χ3n) is 4.05. The van der Waals surface area contributed by atoms with E-state index in [-0.39, 0.29) is 6.04 Å². The van der Waals surface area contributed by atoms with E-state index in [4.69, 9.17) is 15.2 Å². The van der Waals surface area contributed by atoms with Crippen LogP contribution in [0.25, 0.3) is 10.9 Å². The number of nitrogens with one attached hydrogen (secondary N) is 1. The molecule has 0 amide bonds. The smallest absolute Gasteiger partial charge is 0.119 e. The van der Waals surface area contributed by atoms with Crippen molar-refractivity contribution in [2.75, 3.05) is 20.3 Å². The molecule has 2 heterocycles. The van der Waals surface area contributed by atoms with Gasteiger partial charge in [-0.1, -0.05) is 0 Å². The molecule has 1 aromatic carbocycles. The van der Waals surface area contributed by atoms with Crippen molar-refractivity contribution in [3.8, 4) is 5.75 Å². The maximum Gasteiger partial charge on any atom is 0.119 e. The zero-order valence-electron chi connectivity index (χ0n) is 11.2. The summed E-state index contributed by atoms with van der Waals surface area (Å²) in [5, 5.41) is 1.17. The molecule has 0 saturated carbocycles. The van der Waals surface area contributed by atoms with Crippen LogP contribution in [0.4, 0.5) is 0 Å². The lowest BCUT2D eigenvalue weighted by Crippen LogP contribution is -2.27. The fraction of sp³-hybridized carbons (Fsp3) is 0.467. The Labute approximate surface area is 112 Å². The first-order chi connectivity index (χ1) is 9.29. The van der Waals surface area contributed by atoms with Gasteiger partial charge in [-0.15, -0.1) is 0 Å². The molecule has 0 spiro atoms. The number of ether oxygens (including phenoxy) is 2. The van der Waals surface area contributed by atoms with Crippen molar-refractivity contribution in [1.82, 2.24) is 4.98 Å². The number of benzene rings is 1. The van der Waals surface area contributed by atoms with Gasteiger partial charge in [0.2, 0.25) is 0 Å². The minimum Gasteiger partial charge on any atom is -0.497 e. The zero-order valence-corrected chi connectivity index (χ0v) is 11.2. The van der Waals surface area contributed by atoms with Crippen LogP contribution in [0.5, 0.6) is 5.75 Å². The summed E-state index contributed by atoms with van der Waals surface area (Å²) in [6.45, 7) is 1.65. The first kappa shape index (κ1) is 12.5. The summed E-state index contributed by atoms with van der Waals surface area (Å²) in [5.41, 5.74) is 8.75. The summed E-state index contributed by atoms with van der Waals surface area (Å²) >= 11 is 0. The van der Waals surface area contributed by atoms with Crippen molar-refractivity contribution >= 4 is 10.9 Å². The molecule has 19 heavy (non-hydrogen) atoms. The molecule has 0 radical (unpaired) electrons. The lowest BCUT2D eigenvalue weighted by Gasteiger charge is -2.27. The molecule has 0 bridgehead atoms. The Hall–Kier alpha value is -1.52. The van der Waals surface area contributed by atoms with Crippen LogP contribution in [0.2, 0.25) is 0 Å². The summed E-state index contributed by atoms with van der Waals surface area (Å²) in [7, 11) is 1.69. The number of rotatable bonds is 3. The van der Waals surface area contributed by atoms with Gasteiger partial charge in [-0.2, -0.15) is 0 Å². The SMILES string of the molecule is COc1ccc2[nH]cc([C@H](N)C3CCOCC3)c2c1.